The lowest BCUT2D eigenvalue weighted by atomic mass is 9.98. The second-order valence-electron chi connectivity index (χ2n) is 4.25. The van der Waals surface area contributed by atoms with Crippen molar-refractivity contribution in [3.63, 3.8) is 0 Å². The Bertz CT molecular complexity index is 272. The van der Waals surface area contributed by atoms with Crippen LogP contribution in [0, 0.1) is 5.92 Å². The SMILES string of the molecule is Cn1ccc(CC2CCCCNC2)n1. The first-order valence-electron chi connectivity index (χ1n) is 5.54. The number of hydrogen-bond acceptors (Lipinski definition) is 2. The molecule has 0 bridgehead atoms. The molecule has 1 unspecified atom stereocenters. The second-order valence-corrected chi connectivity index (χ2v) is 4.25. The second kappa shape index (κ2) is 4.60. The Morgan fingerprint density at radius 3 is 3.29 bits per heavy atom. The molecular weight excluding hydrogens is 174 g/mol. The van der Waals surface area contributed by atoms with Crippen LogP contribution in [0.3, 0.4) is 0 Å². The van der Waals surface area contributed by atoms with Crippen LogP contribution in [0.15, 0.2) is 12.3 Å². The van der Waals surface area contributed by atoms with E-state index in [1.807, 2.05) is 17.9 Å². The number of hydrogen-bond donors (Lipinski definition) is 1. The molecule has 3 heteroatoms. The maximum absolute atomic E-state index is 4.42. The van der Waals surface area contributed by atoms with Gasteiger partial charge in [0.2, 0.25) is 0 Å². The molecule has 1 saturated heterocycles. The van der Waals surface area contributed by atoms with Crippen molar-refractivity contribution in [2.75, 3.05) is 13.1 Å². The number of aryl methyl sites for hydroxylation is 1. The predicted octanol–water partition coefficient (Wildman–Crippen LogP) is 1.35. The van der Waals surface area contributed by atoms with E-state index in [1.165, 1.54) is 31.5 Å². The van der Waals surface area contributed by atoms with Gasteiger partial charge in [0.25, 0.3) is 0 Å². The van der Waals surface area contributed by atoms with Crippen LogP contribution in [-0.4, -0.2) is 22.9 Å². The molecule has 2 heterocycles. The highest BCUT2D eigenvalue weighted by Gasteiger charge is 2.13. The molecule has 1 fully saturated rings. The van der Waals surface area contributed by atoms with E-state index in [0.717, 1.165) is 18.9 Å². The highest BCUT2D eigenvalue weighted by Crippen LogP contribution is 2.15. The first kappa shape index (κ1) is 9.71. The maximum atomic E-state index is 4.42. The Kier molecular flexibility index (Phi) is 3.19. The summed E-state index contributed by atoms with van der Waals surface area (Å²) in [5.41, 5.74) is 1.24. The highest BCUT2D eigenvalue weighted by atomic mass is 15.2. The van der Waals surface area contributed by atoms with Crippen LogP contribution in [0.5, 0.6) is 0 Å². The highest BCUT2D eigenvalue weighted by molar-refractivity contribution is 5.00. The molecule has 1 aromatic rings. The third kappa shape index (κ3) is 2.58. The fraction of sp³-hybridized carbons (Fsp3) is 0.727. The van der Waals surface area contributed by atoms with Gasteiger partial charge in [0.1, 0.15) is 0 Å². The summed E-state index contributed by atoms with van der Waals surface area (Å²) in [6.45, 7) is 2.36. The first-order valence-corrected chi connectivity index (χ1v) is 5.54. The fourth-order valence-electron chi connectivity index (χ4n) is 2.13. The van der Waals surface area contributed by atoms with Crippen molar-refractivity contribution in [3.05, 3.63) is 18.0 Å². The van der Waals surface area contributed by atoms with Crippen molar-refractivity contribution >= 4 is 0 Å². The number of nitrogens with zero attached hydrogens (tertiary/aromatic N) is 2. The van der Waals surface area contributed by atoms with Crippen LogP contribution in [0.1, 0.15) is 25.0 Å². The summed E-state index contributed by atoms with van der Waals surface area (Å²) < 4.78 is 1.89. The monoisotopic (exact) mass is 193 g/mol. The van der Waals surface area contributed by atoms with E-state index in [2.05, 4.69) is 16.5 Å². The molecule has 0 aromatic carbocycles. The zero-order chi connectivity index (χ0) is 9.80. The van der Waals surface area contributed by atoms with Gasteiger partial charge in [0.05, 0.1) is 5.69 Å². The number of rotatable bonds is 2. The summed E-state index contributed by atoms with van der Waals surface area (Å²) in [7, 11) is 1.98. The predicted molar refractivity (Wildman–Crippen MR) is 57.1 cm³/mol. The minimum atomic E-state index is 0.785. The number of aromatic nitrogens is 2. The molecule has 1 N–H and O–H groups in total. The summed E-state index contributed by atoms with van der Waals surface area (Å²) in [5.74, 6) is 0.785. The van der Waals surface area contributed by atoms with Gasteiger partial charge in [-0.2, -0.15) is 5.10 Å². The largest absolute Gasteiger partial charge is 0.316 e. The maximum Gasteiger partial charge on any atom is 0.0627 e. The van der Waals surface area contributed by atoms with Crippen molar-refractivity contribution in [1.29, 1.82) is 0 Å². The molecule has 0 amide bonds. The lowest BCUT2D eigenvalue weighted by Crippen LogP contribution is -2.22. The fourth-order valence-corrected chi connectivity index (χ4v) is 2.13. The van der Waals surface area contributed by atoms with E-state index >= 15 is 0 Å². The molecule has 0 spiro atoms. The van der Waals surface area contributed by atoms with E-state index in [1.54, 1.807) is 0 Å². The molecule has 0 aliphatic carbocycles. The first-order chi connectivity index (χ1) is 6.84. The molecule has 1 aromatic heterocycles. The van der Waals surface area contributed by atoms with Crippen LogP contribution >= 0.6 is 0 Å². The van der Waals surface area contributed by atoms with Gasteiger partial charge >= 0.3 is 0 Å². The lowest BCUT2D eigenvalue weighted by Gasteiger charge is -2.11. The molecular formula is C11H19N3. The Labute approximate surface area is 85.5 Å². The van der Waals surface area contributed by atoms with Gasteiger partial charge in [-0.3, -0.25) is 4.68 Å². The van der Waals surface area contributed by atoms with Gasteiger partial charge in [0.15, 0.2) is 0 Å². The quantitative estimate of drug-likeness (QED) is 0.768. The van der Waals surface area contributed by atoms with E-state index in [4.69, 9.17) is 0 Å². The summed E-state index contributed by atoms with van der Waals surface area (Å²) in [6.07, 6.45) is 7.21. The minimum absolute atomic E-state index is 0.785. The average molecular weight is 193 g/mol. The van der Waals surface area contributed by atoms with Crippen LogP contribution in [0.2, 0.25) is 0 Å². The van der Waals surface area contributed by atoms with Crippen molar-refractivity contribution in [2.45, 2.75) is 25.7 Å². The van der Waals surface area contributed by atoms with Crippen LogP contribution < -0.4 is 5.32 Å². The molecule has 78 valence electrons. The van der Waals surface area contributed by atoms with Crippen LogP contribution in [-0.2, 0) is 13.5 Å². The third-order valence-electron chi connectivity index (χ3n) is 2.92. The van der Waals surface area contributed by atoms with Gasteiger partial charge in [-0.15, -0.1) is 0 Å². The molecule has 1 aliphatic rings. The molecule has 3 nitrogen and oxygen atoms in total. The normalized spacial score (nSPS) is 23.4. The molecule has 0 radical (unpaired) electrons. The van der Waals surface area contributed by atoms with Crippen molar-refractivity contribution < 1.29 is 0 Å². The smallest absolute Gasteiger partial charge is 0.0627 e. The van der Waals surface area contributed by atoms with Crippen molar-refractivity contribution in [3.8, 4) is 0 Å². The number of nitrogens with one attached hydrogen (secondary N) is 1. The van der Waals surface area contributed by atoms with E-state index in [-0.39, 0.29) is 0 Å². The lowest BCUT2D eigenvalue weighted by molar-refractivity contribution is 0.470. The van der Waals surface area contributed by atoms with Crippen LogP contribution in [0.4, 0.5) is 0 Å². The van der Waals surface area contributed by atoms with Crippen molar-refractivity contribution in [2.24, 2.45) is 13.0 Å². The molecule has 14 heavy (non-hydrogen) atoms. The zero-order valence-electron chi connectivity index (χ0n) is 8.87. The van der Waals surface area contributed by atoms with E-state index in [9.17, 15) is 0 Å². The molecule has 2 rings (SSSR count). The van der Waals surface area contributed by atoms with Crippen LogP contribution in [0.25, 0.3) is 0 Å². The Hall–Kier alpha value is -0.830. The Morgan fingerprint density at radius 2 is 2.50 bits per heavy atom. The summed E-state index contributed by atoms with van der Waals surface area (Å²) in [6, 6.07) is 2.13. The van der Waals surface area contributed by atoms with E-state index < -0.39 is 0 Å². The molecule has 1 aliphatic heterocycles. The van der Waals surface area contributed by atoms with Gasteiger partial charge < -0.3 is 5.32 Å². The van der Waals surface area contributed by atoms with Gasteiger partial charge in [-0.05, 0) is 44.3 Å². The zero-order valence-corrected chi connectivity index (χ0v) is 8.87. The third-order valence-corrected chi connectivity index (χ3v) is 2.92. The average Bonchev–Trinajstić information content (AvgIpc) is 2.43. The Morgan fingerprint density at radius 1 is 1.57 bits per heavy atom. The van der Waals surface area contributed by atoms with Crippen molar-refractivity contribution in [1.82, 2.24) is 15.1 Å². The summed E-state index contributed by atoms with van der Waals surface area (Å²) in [5, 5.41) is 7.91. The van der Waals surface area contributed by atoms with Gasteiger partial charge in [0, 0.05) is 13.2 Å². The minimum Gasteiger partial charge on any atom is -0.316 e. The summed E-state index contributed by atoms with van der Waals surface area (Å²) in [4.78, 5) is 0. The van der Waals surface area contributed by atoms with Gasteiger partial charge in [-0.25, -0.2) is 0 Å². The molecule has 0 saturated carbocycles. The standard InChI is InChI=1S/C11H19N3/c1-14-7-5-11(13-14)8-10-4-2-3-6-12-9-10/h5,7,10,12H,2-4,6,8-9H2,1H3. The van der Waals surface area contributed by atoms with Gasteiger partial charge in [-0.1, -0.05) is 6.42 Å². The topological polar surface area (TPSA) is 29.9 Å². The summed E-state index contributed by atoms with van der Waals surface area (Å²) >= 11 is 0. The Balaban J connectivity index is 1.89. The van der Waals surface area contributed by atoms with E-state index in [0.29, 0.717) is 0 Å². The molecule has 1 atom stereocenters.